The molecule has 0 saturated carbocycles. The van der Waals surface area contributed by atoms with Crippen molar-refractivity contribution in [1.82, 2.24) is 0 Å². The molecular weight excluding hydrogens is 200 g/mol. The number of epoxide rings is 1. The molecule has 2 unspecified atom stereocenters. The Hall–Kier alpha value is 0.0569. The largest absolute Gasteiger partial charge is 0.379 e. The van der Waals surface area contributed by atoms with Crippen LogP contribution >= 0.6 is 0 Å². The highest BCUT2D eigenvalue weighted by atomic mass is 28.2. The summed E-state index contributed by atoms with van der Waals surface area (Å²) < 4.78 is 21.4. The Morgan fingerprint density at radius 3 is 2.50 bits per heavy atom. The number of hydrogen-bond donors (Lipinski definition) is 0. The number of methoxy groups -OCH3 is 2. The molecule has 84 valence electrons. The van der Waals surface area contributed by atoms with Crippen molar-refractivity contribution in [2.24, 2.45) is 0 Å². The van der Waals surface area contributed by atoms with E-state index in [4.69, 9.17) is 18.9 Å². The summed E-state index contributed by atoms with van der Waals surface area (Å²) in [4.78, 5) is 0. The fourth-order valence-electron chi connectivity index (χ4n) is 1.34. The molecule has 1 fully saturated rings. The molecule has 1 aliphatic rings. The normalized spacial score (nSPS) is 23.6. The standard InChI is InChI=1S/C9H20O4Si/c1-4-5-12-8(7-6-13-7)14-9(10-2)11-3/h7-9H,4-6,14H2,1-3H3. The molecule has 0 spiro atoms. The monoisotopic (exact) mass is 220 g/mol. The highest BCUT2D eigenvalue weighted by Gasteiger charge is 2.35. The molecule has 0 radical (unpaired) electrons. The van der Waals surface area contributed by atoms with Gasteiger partial charge in [-0.05, 0) is 6.42 Å². The average Bonchev–Trinajstić information content (AvgIpc) is 3.02. The van der Waals surface area contributed by atoms with Gasteiger partial charge in [0.05, 0.1) is 12.3 Å². The van der Waals surface area contributed by atoms with Crippen LogP contribution in [0, 0.1) is 0 Å². The maximum absolute atomic E-state index is 5.73. The summed E-state index contributed by atoms with van der Waals surface area (Å²) in [6.45, 7) is 3.75. The molecule has 0 bridgehead atoms. The van der Waals surface area contributed by atoms with E-state index in [0.717, 1.165) is 19.6 Å². The summed E-state index contributed by atoms with van der Waals surface area (Å²) in [6.07, 6.45) is 1.35. The third-order valence-electron chi connectivity index (χ3n) is 2.26. The molecule has 0 aromatic rings. The number of rotatable bonds is 8. The molecule has 0 aromatic carbocycles. The third kappa shape index (κ3) is 4.06. The van der Waals surface area contributed by atoms with Gasteiger partial charge in [0.25, 0.3) is 0 Å². The zero-order chi connectivity index (χ0) is 10.4. The molecule has 0 aromatic heterocycles. The highest BCUT2D eigenvalue weighted by Crippen LogP contribution is 2.17. The Morgan fingerprint density at radius 1 is 1.43 bits per heavy atom. The lowest BCUT2D eigenvalue weighted by Crippen LogP contribution is -2.37. The van der Waals surface area contributed by atoms with Gasteiger partial charge in [0.15, 0.2) is 0 Å². The van der Waals surface area contributed by atoms with Crippen LogP contribution in [0.3, 0.4) is 0 Å². The topological polar surface area (TPSA) is 40.2 Å². The minimum Gasteiger partial charge on any atom is -0.379 e. The zero-order valence-electron chi connectivity index (χ0n) is 9.19. The van der Waals surface area contributed by atoms with E-state index in [-0.39, 0.29) is 11.6 Å². The van der Waals surface area contributed by atoms with Crippen LogP contribution in [0.15, 0.2) is 0 Å². The minimum absolute atomic E-state index is 0.0546. The first-order valence-electron chi connectivity index (χ1n) is 5.10. The molecule has 5 heteroatoms. The molecule has 1 aliphatic heterocycles. The van der Waals surface area contributed by atoms with Gasteiger partial charge in [-0.15, -0.1) is 0 Å². The van der Waals surface area contributed by atoms with Crippen LogP contribution in [0.2, 0.25) is 0 Å². The van der Waals surface area contributed by atoms with Gasteiger partial charge in [0.1, 0.15) is 21.5 Å². The predicted octanol–water partition coefficient (Wildman–Crippen LogP) is -0.117. The second-order valence-corrected chi connectivity index (χ2v) is 5.36. The maximum atomic E-state index is 5.73. The first kappa shape index (κ1) is 12.1. The number of ether oxygens (including phenoxy) is 4. The van der Waals surface area contributed by atoms with Crippen molar-refractivity contribution in [2.45, 2.75) is 31.1 Å². The summed E-state index contributed by atoms with van der Waals surface area (Å²) in [6, 6.07) is 0. The Kier molecular flexibility index (Phi) is 5.65. The highest BCUT2D eigenvalue weighted by molar-refractivity contribution is 6.38. The van der Waals surface area contributed by atoms with E-state index in [0.29, 0.717) is 6.10 Å². The second-order valence-electron chi connectivity index (χ2n) is 3.42. The Bertz CT molecular complexity index is 148. The zero-order valence-corrected chi connectivity index (χ0v) is 10.6. The van der Waals surface area contributed by atoms with Gasteiger partial charge in [0, 0.05) is 20.8 Å². The van der Waals surface area contributed by atoms with Crippen molar-refractivity contribution in [2.75, 3.05) is 27.4 Å². The first-order chi connectivity index (χ1) is 6.81. The van der Waals surface area contributed by atoms with Crippen molar-refractivity contribution in [3.05, 3.63) is 0 Å². The van der Waals surface area contributed by atoms with Gasteiger partial charge in [0.2, 0.25) is 0 Å². The van der Waals surface area contributed by atoms with Gasteiger partial charge in [-0.3, -0.25) is 0 Å². The molecule has 1 heterocycles. The first-order valence-corrected chi connectivity index (χ1v) is 6.73. The van der Waals surface area contributed by atoms with E-state index in [1.165, 1.54) is 0 Å². The molecule has 0 N–H and O–H groups in total. The average molecular weight is 220 g/mol. The van der Waals surface area contributed by atoms with Gasteiger partial charge >= 0.3 is 0 Å². The summed E-state index contributed by atoms with van der Waals surface area (Å²) in [5.41, 5.74) is 0.250. The molecule has 0 amide bonds. The summed E-state index contributed by atoms with van der Waals surface area (Å²) in [5, 5.41) is 0. The lowest BCUT2D eigenvalue weighted by atomic mass is 10.5. The van der Waals surface area contributed by atoms with E-state index in [1.807, 2.05) is 0 Å². The van der Waals surface area contributed by atoms with Gasteiger partial charge in [-0.2, -0.15) is 0 Å². The second kappa shape index (κ2) is 6.52. The van der Waals surface area contributed by atoms with E-state index >= 15 is 0 Å². The summed E-state index contributed by atoms with van der Waals surface area (Å²) in [5.74, 6) is -0.0546. The third-order valence-corrected chi connectivity index (χ3v) is 4.54. The fourth-order valence-corrected chi connectivity index (χ4v) is 2.99. The molecule has 1 rings (SSSR count). The quantitative estimate of drug-likeness (QED) is 0.325. The van der Waals surface area contributed by atoms with Crippen LogP contribution in [-0.2, 0) is 18.9 Å². The lowest BCUT2D eigenvalue weighted by Gasteiger charge is -2.19. The van der Waals surface area contributed by atoms with E-state index in [9.17, 15) is 0 Å². The van der Waals surface area contributed by atoms with E-state index < -0.39 is 9.52 Å². The molecule has 2 atom stereocenters. The Labute approximate surface area is 87.7 Å². The summed E-state index contributed by atoms with van der Waals surface area (Å²) in [7, 11) is 2.79. The van der Waals surface area contributed by atoms with Crippen molar-refractivity contribution in [3.8, 4) is 0 Å². The van der Waals surface area contributed by atoms with Crippen LogP contribution in [0.4, 0.5) is 0 Å². The lowest BCUT2D eigenvalue weighted by molar-refractivity contribution is -0.0503. The van der Waals surface area contributed by atoms with Crippen molar-refractivity contribution < 1.29 is 18.9 Å². The van der Waals surface area contributed by atoms with Gasteiger partial charge < -0.3 is 18.9 Å². The predicted molar refractivity (Wildman–Crippen MR) is 56.1 cm³/mol. The van der Waals surface area contributed by atoms with Crippen LogP contribution in [0.25, 0.3) is 0 Å². The van der Waals surface area contributed by atoms with Crippen LogP contribution < -0.4 is 0 Å². The Morgan fingerprint density at radius 2 is 2.07 bits per heavy atom. The molecule has 4 nitrogen and oxygen atoms in total. The molecular formula is C9H20O4Si. The van der Waals surface area contributed by atoms with Crippen molar-refractivity contribution >= 4 is 9.52 Å². The minimum atomic E-state index is -0.558. The Balaban J connectivity index is 2.26. The molecule has 1 saturated heterocycles. The fraction of sp³-hybridized carbons (Fsp3) is 1.00. The van der Waals surface area contributed by atoms with Crippen LogP contribution in [0.5, 0.6) is 0 Å². The SMILES string of the molecule is CCCOC([SiH2]C(OC)OC)C1CO1. The van der Waals surface area contributed by atoms with Crippen molar-refractivity contribution in [1.29, 1.82) is 0 Å². The van der Waals surface area contributed by atoms with Gasteiger partial charge in [-0.25, -0.2) is 0 Å². The maximum Gasteiger partial charge on any atom is 0.137 e. The van der Waals surface area contributed by atoms with E-state index in [1.54, 1.807) is 14.2 Å². The molecule has 14 heavy (non-hydrogen) atoms. The summed E-state index contributed by atoms with van der Waals surface area (Å²) >= 11 is 0. The molecule has 0 aliphatic carbocycles. The van der Waals surface area contributed by atoms with Crippen LogP contribution in [0.1, 0.15) is 13.3 Å². The van der Waals surface area contributed by atoms with Gasteiger partial charge in [-0.1, -0.05) is 6.92 Å². The smallest absolute Gasteiger partial charge is 0.137 e. The van der Waals surface area contributed by atoms with E-state index in [2.05, 4.69) is 6.92 Å². The number of hydrogen-bond acceptors (Lipinski definition) is 4. The van der Waals surface area contributed by atoms with Crippen molar-refractivity contribution in [3.63, 3.8) is 0 Å². The van der Waals surface area contributed by atoms with Crippen LogP contribution in [-0.4, -0.2) is 54.7 Å².